The summed E-state index contributed by atoms with van der Waals surface area (Å²) in [5.74, 6) is 0.737. The molecular formula is C14H20BrClN2. The summed E-state index contributed by atoms with van der Waals surface area (Å²) in [6.07, 6.45) is 4.83. The van der Waals surface area contributed by atoms with E-state index in [0.717, 1.165) is 33.9 Å². The van der Waals surface area contributed by atoms with Gasteiger partial charge in [-0.1, -0.05) is 31.4 Å². The Balaban J connectivity index is 2.16. The third-order valence-corrected chi connectivity index (χ3v) is 5.04. The largest absolute Gasteiger partial charge is 0.378 e. The van der Waals surface area contributed by atoms with Crippen LogP contribution in [-0.2, 0) is 0 Å². The molecule has 2 atom stereocenters. The minimum Gasteiger partial charge on any atom is -0.378 e. The highest BCUT2D eigenvalue weighted by Crippen LogP contribution is 2.35. The van der Waals surface area contributed by atoms with Gasteiger partial charge in [0.05, 0.1) is 5.02 Å². The van der Waals surface area contributed by atoms with E-state index in [1.54, 1.807) is 0 Å². The van der Waals surface area contributed by atoms with Gasteiger partial charge in [0, 0.05) is 22.2 Å². The molecule has 0 heterocycles. The fraction of sp³-hybridized carbons (Fsp3) is 0.571. The van der Waals surface area contributed by atoms with Crippen molar-refractivity contribution in [1.29, 1.82) is 0 Å². The number of hydrogen-bond donors (Lipinski definition) is 2. The number of nitrogens with one attached hydrogen (secondary N) is 1. The van der Waals surface area contributed by atoms with E-state index >= 15 is 0 Å². The molecule has 0 aromatic heterocycles. The summed E-state index contributed by atoms with van der Waals surface area (Å²) in [5.41, 5.74) is 7.11. The fourth-order valence-corrected chi connectivity index (χ4v) is 3.32. The Morgan fingerprint density at radius 3 is 2.94 bits per heavy atom. The minimum absolute atomic E-state index is 0.0365. The number of benzene rings is 1. The molecule has 0 amide bonds. The second-order valence-electron chi connectivity index (χ2n) is 5.44. The molecule has 3 N–H and O–H groups in total. The van der Waals surface area contributed by atoms with Gasteiger partial charge in [-0.2, -0.15) is 0 Å². The average Bonchev–Trinajstić information content (AvgIpc) is 2.34. The summed E-state index contributed by atoms with van der Waals surface area (Å²) < 4.78 is 0.925. The molecule has 2 nitrogen and oxygen atoms in total. The van der Waals surface area contributed by atoms with Crippen LogP contribution in [0.1, 0.15) is 32.6 Å². The highest BCUT2D eigenvalue weighted by Gasteiger charge is 2.33. The maximum Gasteiger partial charge on any atom is 0.0568 e. The Hall–Kier alpha value is -0.250. The molecule has 1 aromatic carbocycles. The third-order valence-electron chi connectivity index (χ3n) is 3.81. The predicted octanol–water partition coefficient (Wildman–Crippen LogP) is 4.42. The van der Waals surface area contributed by atoms with Gasteiger partial charge < -0.3 is 11.1 Å². The van der Waals surface area contributed by atoms with E-state index in [1.807, 2.05) is 18.2 Å². The monoisotopic (exact) mass is 330 g/mol. The van der Waals surface area contributed by atoms with Crippen molar-refractivity contribution in [2.24, 2.45) is 11.7 Å². The van der Waals surface area contributed by atoms with Crippen LogP contribution in [0.15, 0.2) is 22.7 Å². The highest BCUT2D eigenvalue weighted by molar-refractivity contribution is 9.10. The first-order chi connectivity index (χ1) is 8.54. The number of rotatable bonds is 3. The van der Waals surface area contributed by atoms with E-state index in [2.05, 4.69) is 28.2 Å². The van der Waals surface area contributed by atoms with E-state index in [4.69, 9.17) is 17.3 Å². The molecule has 1 aromatic rings. The Morgan fingerprint density at radius 1 is 1.56 bits per heavy atom. The van der Waals surface area contributed by atoms with Crippen molar-refractivity contribution in [1.82, 2.24) is 0 Å². The smallest absolute Gasteiger partial charge is 0.0568 e. The first kappa shape index (κ1) is 14.2. The summed E-state index contributed by atoms with van der Waals surface area (Å²) in [7, 11) is 0. The molecule has 1 fully saturated rings. The number of nitrogens with two attached hydrogens (primary N) is 1. The Bertz CT molecular complexity index is 424. The lowest BCUT2D eigenvalue weighted by Crippen LogP contribution is -2.48. The minimum atomic E-state index is 0.0365. The quantitative estimate of drug-likeness (QED) is 0.860. The molecule has 1 saturated carbocycles. The highest BCUT2D eigenvalue weighted by atomic mass is 79.9. The van der Waals surface area contributed by atoms with Crippen LogP contribution in [0.2, 0.25) is 5.02 Å². The second-order valence-corrected chi connectivity index (χ2v) is 6.70. The van der Waals surface area contributed by atoms with Gasteiger partial charge >= 0.3 is 0 Å². The first-order valence-corrected chi connectivity index (χ1v) is 7.65. The zero-order valence-corrected chi connectivity index (χ0v) is 13.0. The third kappa shape index (κ3) is 3.19. The van der Waals surface area contributed by atoms with Crippen molar-refractivity contribution in [3.8, 4) is 0 Å². The lowest BCUT2D eigenvalue weighted by Gasteiger charge is -2.40. The van der Waals surface area contributed by atoms with E-state index in [1.165, 1.54) is 12.8 Å². The Labute approximate surface area is 122 Å². The van der Waals surface area contributed by atoms with Crippen LogP contribution in [0.5, 0.6) is 0 Å². The van der Waals surface area contributed by atoms with Gasteiger partial charge in [0.2, 0.25) is 0 Å². The molecule has 0 aliphatic heterocycles. The lowest BCUT2D eigenvalue weighted by atomic mass is 9.76. The van der Waals surface area contributed by atoms with Crippen LogP contribution in [0.4, 0.5) is 5.69 Å². The second kappa shape index (κ2) is 5.81. The van der Waals surface area contributed by atoms with Crippen LogP contribution in [0.3, 0.4) is 0 Å². The summed E-state index contributed by atoms with van der Waals surface area (Å²) in [5, 5.41) is 4.34. The summed E-state index contributed by atoms with van der Waals surface area (Å²) in [6, 6.07) is 5.98. The standard InChI is InChI=1S/C14H20BrClN2/c1-10-3-2-6-14(8-10,9-17)18-11-4-5-12(15)13(16)7-11/h4-5,7,10,18H,2-3,6,8-9,17H2,1H3. The van der Waals surface area contributed by atoms with Crippen molar-refractivity contribution in [2.45, 2.75) is 38.1 Å². The van der Waals surface area contributed by atoms with Gasteiger partial charge in [-0.15, -0.1) is 0 Å². The van der Waals surface area contributed by atoms with Crippen molar-refractivity contribution < 1.29 is 0 Å². The van der Waals surface area contributed by atoms with Gasteiger partial charge in [0.1, 0.15) is 0 Å². The Kier molecular flexibility index (Phi) is 4.57. The molecule has 1 aliphatic carbocycles. The summed E-state index contributed by atoms with van der Waals surface area (Å²) in [4.78, 5) is 0. The van der Waals surface area contributed by atoms with E-state index in [-0.39, 0.29) is 5.54 Å². The molecule has 1 aliphatic rings. The van der Waals surface area contributed by atoms with Crippen LogP contribution in [0.25, 0.3) is 0 Å². The van der Waals surface area contributed by atoms with Crippen molar-refractivity contribution in [3.63, 3.8) is 0 Å². The van der Waals surface area contributed by atoms with Crippen molar-refractivity contribution >= 4 is 33.2 Å². The molecule has 0 saturated heterocycles. The van der Waals surface area contributed by atoms with Crippen molar-refractivity contribution in [3.05, 3.63) is 27.7 Å². The average molecular weight is 332 g/mol. The molecule has 18 heavy (non-hydrogen) atoms. The molecule has 0 bridgehead atoms. The maximum atomic E-state index is 6.13. The van der Waals surface area contributed by atoms with E-state index in [0.29, 0.717) is 6.54 Å². The zero-order valence-electron chi connectivity index (χ0n) is 10.7. The molecule has 0 radical (unpaired) electrons. The summed E-state index contributed by atoms with van der Waals surface area (Å²) >= 11 is 9.54. The molecule has 4 heteroatoms. The van der Waals surface area contributed by atoms with Gasteiger partial charge in [0.25, 0.3) is 0 Å². The fourth-order valence-electron chi connectivity index (χ4n) is 2.89. The lowest BCUT2D eigenvalue weighted by molar-refractivity contribution is 0.264. The van der Waals surface area contributed by atoms with E-state index < -0.39 is 0 Å². The molecule has 2 rings (SSSR count). The van der Waals surface area contributed by atoms with Crippen molar-refractivity contribution in [2.75, 3.05) is 11.9 Å². The number of hydrogen-bond acceptors (Lipinski definition) is 2. The molecule has 100 valence electrons. The number of halogens is 2. The maximum absolute atomic E-state index is 6.13. The normalized spacial score (nSPS) is 28.1. The zero-order chi connectivity index (χ0) is 13.2. The SMILES string of the molecule is CC1CCCC(CN)(Nc2ccc(Br)c(Cl)c2)C1. The topological polar surface area (TPSA) is 38.0 Å². The van der Waals surface area contributed by atoms with E-state index in [9.17, 15) is 0 Å². The van der Waals surface area contributed by atoms with Gasteiger partial charge in [-0.3, -0.25) is 0 Å². The summed E-state index contributed by atoms with van der Waals surface area (Å²) in [6.45, 7) is 2.98. The molecule has 2 unspecified atom stereocenters. The molecular weight excluding hydrogens is 312 g/mol. The molecule has 0 spiro atoms. The van der Waals surface area contributed by atoms with Gasteiger partial charge in [-0.25, -0.2) is 0 Å². The van der Waals surface area contributed by atoms with Crippen LogP contribution < -0.4 is 11.1 Å². The Morgan fingerprint density at radius 2 is 2.33 bits per heavy atom. The van der Waals surface area contributed by atoms with Crippen LogP contribution in [0, 0.1) is 5.92 Å². The van der Waals surface area contributed by atoms with Gasteiger partial charge in [0.15, 0.2) is 0 Å². The predicted molar refractivity (Wildman–Crippen MR) is 82.2 cm³/mol. The van der Waals surface area contributed by atoms with Gasteiger partial charge in [-0.05, 0) is 52.9 Å². The number of anilines is 1. The van der Waals surface area contributed by atoms with Crippen LogP contribution >= 0.6 is 27.5 Å². The first-order valence-electron chi connectivity index (χ1n) is 6.48. The van der Waals surface area contributed by atoms with Crippen LogP contribution in [-0.4, -0.2) is 12.1 Å².